The third-order valence-corrected chi connectivity index (χ3v) is 3.23. The summed E-state index contributed by atoms with van der Waals surface area (Å²) in [6.07, 6.45) is 0. The number of fused-ring (bicyclic) bond motifs is 1. The Morgan fingerprint density at radius 3 is 2.67 bits per heavy atom. The highest BCUT2D eigenvalue weighted by Gasteiger charge is 2.11. The van der Waals surface area contributed by atoms with Crippen molar-refractivity contribution in [1.29, 1.82) is 0 Å². The second kappa shape index (κ2) is 5.71. The number of aromatic nitrogens is 1. The van der Waals surface area contributed by atoms with Gasteiger partial charge < -0.3 is 4.74 Å². The summed E-state index contributed by atoms with van der Waals surface area (Å²) >= 11 is 0. The van der Waals surface area contributed by atoms with Crippen LogP contribution in [-0.4, -0.2) is 11.5 Å². The second-order valence-electron chi connectivity index (χ2n) is 4.57. The van der Waals surface area contributed by atoms with E-state index in [4.69, 9.17) is 4.74 Å². The quantitative estimate of drug-likeness (QED) is 0.684. The Hall–Kier alpha value is -2.75. The van der Waals surface area contributed by atoms with Gasteiger partial charge in [-0.3, -0.25) is 4.79 Å². The van der Waals surface area contributed by atoms with E-state index in [0.717, 1.165) is 16.5 Å². The maximum absolute atomic E-state index is 14.0. The molecule has 4 heteroatoms. The Bertz CT molecular complexity index is 787. The molecule has 3 rings (SSSR count). The normalized spacial score (nSPS) is 10.5. The molecule has 0 radical (unpaired) electrons. The molecule has 0 fully saturated rings. The summed E-state index contributed by atoms with van der Waals surface area (Å²) < 4.78 is 18.7. The minimum Gasteiger partial charge on any atom is -0.461 e. The van der Waals surface area contributed by atoms with Crippen LogP contribution in [0.1, 0.15) is 5.69 Å². The Kier molecular flexibility index (Phi) is 3.60. The first kappa shape index (κ1) is 13.2. The molecule has 0 atom stereocenters. The predicted octanol–water partition coefficient (Wildman–Crippen LogP) is 3.71. The number of hydrogen-bond donors (Lipinski definition) is 0. The van der Waals surface area contributed by atoms with Gasteiger partial charge in [-0.05, 0) is 23.3 Å². The van der Waals surface area contributed by atoms with Crippen molar-refractivity contribution >= 4 is 17.4 Å². The lowest BCUT2D eigenvalue weighted by atomic mass is 10.00. The van der Waals surface area contributed by atoms with Gasteiger partial charge in [0.05, 0.1) is 5.69 Å². The zero-order chi connectivity index (χ0) is 14.7. The zero-order valence-corrected chi connectivity index (χ0v) is 11.1. The summed E-state index contributed by atoms with van der Waals surface area (Å²) in [5, 5.41) is 0.732. The fourth-order valence-electron chi connectivity index (χ4n) is 2.32. The van der Waals surface area contributed by atoms with Gasteiger partial charge in [0.2, 0.25) is 0 Å². The molecule has 1 heterocycles. The van der Waals surface area contributed by atoms with Gasteiger partial charge in [-0.25, -0.2) is 9.37 Å². The molecule has 0 saturated carbocycles. The van der Waals surface area contributed by atoms with Crippen molar-refractivity contribution < 1.29 is 13.9 Å². The van der Waals surface area contributed by atoms with E-state index in [2.05, 4.69) is 4.98 Å². The van der Waals surface area contributed by atoms with Gasteiger partial charge in [0.1, 0.15) is 17.9 Å². The average molecular weight is 281 g/mol. The van der Waals surface area contributed by atoms with Crippen LogP contribution in [-0.2, 0) is 16.1 Å². The largest absolute Gasteiger partial charge is 0.461 e. The molecule has 104 valence electrons. The molecule has 0 bridgehead atoms. The molecule has 21 heavy (non-hydrogen) atoms. The van der Waals surface area contributed by atoms with E-state index in [1.54, 1.807) is 6.07 Å². The molecule has 0 aliphatic rings. The molecule has 0 amide bonds. The summed E-state index contributed by atoms with van der Waals surface area (Å²) in [7, 11) is 0. The van der Waals surface area contributed by atoms with Crippen LogP contribution in [0.25, 0.3) is 22.0 Å². The lowest BCUT2D eigenvalue weighted by Gasteiger charge is -2.10. The number of para-hydroxylation sites is 1. The maximum Gasteiger partial charge on any atom is 0.293 e. The number of hydrogen-bond acceptors (Lipinski definition) is 3. The first-order chi connectivity index (χ1) is 10.3. The predicted molar refractivity (Wildman–Crippen MR) is 78.0 cm³/mol. The van der Waals surface area contributed by atoms with Crippen LogP contribution in [0.4, 0.5) is 4.39 Å². The third-order valence-electron chi connectivity index (χ3n) is 3.23. The van der Waals surface area contributed by atoms with Crippen molar-refractivity contribution in [3.05, 3.63) is 66.1 Å². The zero-order valence-electron chi connectivity index (χ0n) is 11.1. The molecule has 0 aliphatic heterocycles. The standard InChI is InChI=1S/C17H12FNO2/c18-16-8-4-7-14-15(12-5-2-1-3-6-12)9-13(10-21-11-20)19-17(14)16/h1-9,11H,10H2. The van der Waals surface area contributed by atoms with E-state index in [0.29, 0.717) is 12.2 Å². The minimum absolute atomic E-state index is 0.0214. The monoisotopic (exact) mass is 281 g/mol. The molecule has 1 aromatic heterocycles. The Balaban J connectivity index is 2.25. The van der Waals surface area contributed by atoms with Crippen LogP contribution in [0.2, 0.25) is 0 Å². The smallest absolute Gasteiger partial charge is 0.293 e. The summed E-state index contributed by atoms with van der Waals surface area (Å²) in [6, 6.07) is 16.3. The molecule has 0 saturated heterocycles. The van der Waals surface area contributed by atoms with Crippen molar-refractivity contribution in [1.82, 2.24) is 4.98 Å². The number of halogens is 1. The summed E-state index contributed by atoms with van der Waals surface area (Å²) in [6.45, 7) is 0.378. The molecule has 2 aromatic carbocycles. The second-order valence-corrected chi connectivity index (χ2v) is 4.57. The molecule has 0 spiro atoms. The van der Waals surface area contributed by atoms with Gasteiger partial charge in [-0.2, -0.15) is 0 Å². The van der Waals surface area contributed by atoms with Crippen molar-refractivity contribution in [2.45, 2.75) is 6.61 Å². The van der Waals surface area contributed by atoms with E-state index in [-0.39, 0.29) is 12.1 Å². The molecule has 0 unspecified atom stereocenters. The van der Waals surface area contributed by atoms with Gasteiger partial charge in [0, 0.05) is 5.39 Å². The van der Waals surface area contributed by atoms with Crippen LogP contribution >= 0.6 is 0 Å². The number of benzene rings is 2. The van der Waals surface area contributed by atoms with Crippen LogP contribution in [0.3, 0.4) is 0 Å². The average Bonchev–Trinajstić information content (AvgIpc) is 2.54. The Morgan fingerprint density at radius 2 is 1.90 bits per heavy atom. The van der Waals surface area contributed by atoms with Gasteiger partial charge in [-0.15, -0.1) is 0 Å². The number of carbonyl (C=O) groups excluding carboxylic acids is 1. The third kappa shape index (κ3) is 2.60. The Labute approximate surface area is 121 Å². The number of carbonyl (C=O) groups is 1. The SMILES string of the molecule is O=COCc1cc(-c2ccccc2)c2cccc(F)c2n1. The molecule has 0 aliphatic carbocycles. The topological polar surface area (TPSA) is 39.2 Å². The first-order valence-electron chi connectivity index (χ1n) is 6.48. The lowest BCUT2D eigenvalue weighted by Crippen LogP contribution is -1.97. The van der Waals surface area contributed by atoms with Crippen molar-refractivity contribution in [3.63, 3.8) is 0 Å². The Morgan fingerprint density at radius 1 is 1.10 bits per heavy atom. The molecular weight excluding hydrogens is 269 g/mol. The molecular formula is C17H12FNO2. The van der Waals surface area contributed by atoms with E-state index in [9.17, 15) is 9.18 Å². The summed E-state index contributed by atoms with van der Waals surface area (Å²) in [5.74, 6) is -0.391. The van der Waals surface area contributed by atoms with Gasteiger partial charge in [0.25, 0.3) is 6.47 Å². The fourth-order valence-corrected chi connectivity index (χ4v) is 2.32. The highest BCUT2D eigenvalue weighted by atomic mass is 19.1. The lowest BCUT2D eigenvalue weighted by molar-refractivity contribution is -0.129. The van der Waals surface area contributed by atoms with Crippen LogP contribution in [0.5, 0.6) is 0 Å². The van der Waals surface area contributed by atoms with Gasteiger partial charge in [-0.1, -0.05) is 42.5 Å². The molecule has 0 N–H and O–H groups in total. The highest BCUT2D eigenvalue weighted by Crippen LogP contribution is 2.29. The number of nitrogens with zero attached hydrogens (tertiary/aromatic N) is 1. The minimum atomic E-state index is -0.391. The maximum atomic E-state index is 14.0. The number of rotatable bonds is 4. The first-order valence-corrected chi connectivity index (χ1v) is 6.48. The van der Waals surface area contributed by atoms with Crippen molar-refractivity contribution in [2.75, 3.05) is 0 Å². The number of pyridine rings is 1. The fraction of sp³-hybridized carbons (Fsp3) is 0.0588. The van der Waals surface area contributed by atoms with Crippen molar-refractivity contribution in [3.8, 4) is 11.1 Å². The summed E-state index contributed by atoms with van der Waals surface area (Å²) in [4.78, 5) is 14.6. The van der Waals surface area contributed by atoms with Gasteiger partial charge in [0.15, 0.2) is 0 Å². The van der Waals surface area contributed by atoms with Crippen LogP contribution < -0.4 is 0 Å². The van der Waals surface area contributed by atoms with Crippen molar-refractivity contribution in [2.24, 2.45) is 0 Å². The van der Waals surface area contributed by atoms with Crippen LogP contribution in [0.15, 0.2) is 54.6 Å². The molecule has 3 aromatic rings. The van der Waals surface area contributed by atoms with E-state index >= 15 is 0 Å². The summed E-state index contributed by atoms with van der Waals surface area (Å²) in [5.41, 5.74) is 2.62. The highest BCUT2D eigenvalue weighted by molar-refractivity contribution is 5.94. The van der Waals surface area contributed by atoms with E-state index < -0.39 is 5.82 Å². The van der Waals surface area contributed by atoms with E-state index in [1.165, 1.54) is 6.07 Å². The van der Waals surface area contributed by atoms with E-state index in [1.807, 2.05) is 42.5 Å². The van der Waals surface area contributed by atoms with Gasteiger partial charge >= 0.3 is 0 Å². The molecule has 3 nitrogen and oxygen atoms in total. The number of ether oxygens (including phenoxy) is 1. The van der Waals surface area contributed by atoms with Crippen LogP contribution in [0, 0.1) is 5.82 Å².